The predicted molar refractivity (Wildman–Crippen MR) is 94.3 cm³/mol. The fraction of sp³-hybridized carbons (Fsp3) is 0.556. The van der Waals surface area contributed by atoms with E-state index in [1.165, 1.54) is 18.0 Å². The molecule has 156 valence electrons. The molecule has 1 unspecified atom stereocenters. The summed E-state index contributed by atoms with van der Waals surface area (Å²) in [7, 11) is 1.52. The van der Waals surface area contributed by atoms with Crippen LogP contribution < -0.4 is 0 Å². The molecule has 3 atom stereocenters. The number of carbonyl (C=O) groups is 2. The van der Waals surface area contributed by atoms with Gasteiger partial charge in [-0.2, -0.15) is 13.2 Å². The lowest BCUT2D eigenvalue weighted by atomic mass is 9.90. The first-order valence-electron chi connectivity index (χ1n) is 8.58. The van der Waals surface area contributed by atoms with Crippen LogP contribution >= 0.6 is 11.6 Å². The summed E-state index contributed by atoms with van der Waals surface area (Å²) in [6.45, 7) is 2.03. The molecule has 1 heterocycles. The molecule has 1 aliphatic heterocycles. The van der Waals surface area contributed by atoms with E-state index in [4.69, 9.17) is 11.6 Å². The van der Waals surface area contributed by atoms with Gasteiger partial charge in [0.25, 0.3) is 11.8 Å². The highest BCUT2D eigenvalue weighted by Crippen LogP contribution is 2.33. The van der Waals surface area contributed by atoms with E-state index in [1.54, 1.807) is 6.92 Å². The molecule has 1 aromatic rings. The molecule has 28 heavy (non-hydrogen) atoms. The molecule has 0 saturated carbocycles. The number of carbonyl (C=O) groups excluding carboxylic acids is 2. The van der Waals surface area contributed by atoms with Crippen LogP contribution in [-0.4, -0.2) is 64.7 Å². The number of halogens is 5. The van der Waals surface area contributed by atoms with Gasteiger partial charge in [0, 0.05) is 26.2 Å². The number of hydrogen-bond donors (Lipinski definition) is 1. The fourth-order valence-electron chi connectivity index (χ4n) is 3.33. The largest absolute Gasteiger partial charge is 0.426 e. The number of benzene rings is 1. The van der Waals surface area contributed by atoms with Gasteiger partial charge in [0.15, 0.2) is 0 Å². The van der Waals surface area contributed by atoms with Crippen molar-refractivity contribution in [3.8, 4) is 0 Å². The third-order valence-corrected chi connectivity index (χ3v) is 5.41. The topological polar surface area (TPSA) is 60.9 Å². The first kappa shape index (κ1) is 22.4. The number of aliphatic hydroxyl groups is 1. The van der Waals surface area contributed by atoms with Crippen LogP contribution in [0.5, 0.6) is 0 Å². The molecule has 0 aliphatic carbocycles. The van der Waals surface area contributed by atoms with Crippen LogP contribution in [0.15, 0.2) is 18.2 Å². The Morgan fingerprint density at radius 3 is 2.43 bits per heavy atom. The number of amides is 2. The number of piperidine rings is 1. The van der Waals surface area contributed by atoms with Crippen LogP contribution in [0, 0.1) is 11.7 Å². The SMILES string of the molecule is C[C@H]1CN(C(=O)C(C)(O)C(F)(F)F)CC[C@H]1N(C)C(=O)c1ccc(F)cc1Cl. The lowest BCUT2D eigenvalue weighted by molar-refractivity contribution is -0.251. The minimum Gasteiger partial charge on any atom is -0.373 e. The molecule has 2 amide bonds. The van der Waals surface area contributed by atoms with Crippen LogP contribution in [0.4, 0.5) is 17.6 Å². The summed E-state index contributed by atoms with van der Waals surface area (Å²) in [4.78, 5) is 27.2. The van der Waals surface area contributed by atoms with Crippen molar-refractivity contribution in [1.29, 1.82) is 0 Å². The zero-order valence-corrected chi connectivity index (χ0v) is 16.3. The summed E-state index contributed by atoms with van der Waals surface area (Å²) >= 11 is 5.93. The van der Waals surface area contributed by atoms with E-state index in [-0.39, 0.29) is 42.1 Å². The second-order valence-electron chi connectivity index (χ2n) is 7.19. The van der Waals surface area contributed by atoms with E-state index < -0.39 is 29.4 Å². The fourth-order valence-corrected chi connectivity index (χ4v) is 3.57. The van der Waals surface area contributed by atoms with Gasteiger partial charge in [0.1, 0.15) is 5.82 Å². The van der Waals surface area contributed by atoms with Crippen molar-refractivity contribution in [1.82, 2.24) is 9.80 Å². The van der Waals surface area contributed by atoms with Gasteiger partial charge in [-0.05, 0) is 37.5 Å². The molecule has 0 spiro atoms. The van der Waals surface area contributed by atoms with Crippen LogP contribution in [0.3, 0.4) is 0 Å². The molecule has 2 rings (SSSR count). The quantitative estimate of drug-likeness (QED) is 0.758. The highest BCUT2D eigenvalue weighted by Gasteiger charge is 2.57. The van der Waals surface area contributed by atoms with Crippen LogP contribution in [0.1, 0.15) is 30.6 Å². The number of likely N-dealkylation sites (tertiary alicyclic amines) is 1. The van der Waals surface area contributed by atoms with Crippen molar-refractivity contribution in [2.45, 2.75) is 38.1 Å². The molecular formula is C18H21ClF4N2O3. The monoisotopic (exact) mass is 424 g/mol. The summed E-state index contributed by atoms with van der Waals surface area (Å²) in [5, 5.41) is 9.55. The number of hydrogen-bond acceptors (Lipinski definition) is 3. The number of rotatable bonds is 3. The molecule has 0 aromatic heterocycles. The van der Waals surface area contributed by atoms with Gasteiger partial charge in [0.2, 0.25) is 5.60 Å². The van der Waals surface area contributed by atoms with E-state index in [0.717, 1.165) is 17.0 Å². The molecule has 0 radical (unpaired) electrons. The Morgan fingerprint density at radius 1 is 1.32 bits per heavy atom. The molecule has 0 bridgehead atoms. The maximum Gasteiger partial charge on any atom is 0.426 e. The Bertz CT molecular complexity index is 770. The molecule has 1 fully saturated rings. The summed E-state index contributed by atoms with van der Waals surface area (Å²) in [5.41, 5.74) is -3.36. The Morgan fingerprint density at radius 2 is 1.93 bits per heavy atom. The van der Waals surface area contributed by atoms with Crippen molar-refractivity contribution in [3.05, 3.63) is 34.6 Å². The summed E-state index contributed by atoms with van der Waals surface area (Å²) < 4.78 is 51.9. The second-order valence-corrected chi connectivity index (χ2v) is 7.60. The average molecular weight is 425 g/mol. The van der Waals surface area contributed by atoms with Gasteiger partial charge in [-0.15, -0.1) is 0 Å². The van der Waals surface area contributed by atoms with E-state index in [0.29, 0.717) is 6.92 Å². The molecule has 1 aliphatic rings. The Balaban J connectivity index is 2.11. The van der Waals surface area contributed by atoms with Crippen molar-refractivity contribution >= 4 is 23.4 Å². The summed E-state index contributed by atoms with van der Waals surface area (Å²) in [6, 6.07) is 3.03. The predicted octanol–water partition coefficient (Wildman–Crippen LogP) is 3.10. The van der Waals surface area contributed by atoms with Crippen LogP contribution in [0.25, 0.3) is 0 Å². The van der Waals surface area contributed by atoms with Crippen molar-refractivity contribution < 1.29 is 32.3 Å². The molecule has 1 aromatic carbocycles. The Kier molecular flexibility index (Phi) is 6.30. The van der Waals surface area contributed by atoms with Crippen molar-refractivity contribution in [2.24, 2.45) is 5.92 Å². The molecular weight excluding hydrogens is 404 g/mol. The minimum absolute atomic E-state index is 0.0432. The van der Waals surface area contributed by atoms with Gasteiger partial charge in [-0.1, -0.05) is 18.5 Å². The zero-order valence-electron chi connectivity index (χ0n) is 15.6. The summed E-state index contributed by atoms with van der Waals surface area (Å²) in [6.07, 6.45) is -4.86. The summed E-state index contributed by atoms with van der Waals surface area (Å²) in [5.74, 6) is -2.80. The van der Waals surface area contributed by atoms with Crippen LogP contribution in [0.2, 0.25) is 5.02 Å². The van der Waals surface area contributed by atoms with E-state index >= 15 is 0 Å². The smallest absolute Gasteiger partial charge is 0.373 e. The number of alkyl halides is 3. The minimum atomic E-state index is -5.09. The molecule has 10 heteroatoms. The second kappa shape index (κ2) is 7.87. The first-order chi connectivity index (χ1) is 12.8. The standard InChI is InChI=1S/C18H21ClF4N2O3/c1-10-9-25(16(27)17(2,28)18(21,22)23)7-6-14(10)24(3)15(26)12-5-4-11(20)8-13(12)19/h4-5,8,10,14,28H,6-7,9H2,1-3H3/t10-,14+,17?/m0/s1. The van der Waals surface area contributed by atoms with Crippen molar-refractivity contribution in [2.75, 3.05) is 20.1 Å². The van der Waals surface area contributed by atoms with E-state index in [9.17, 15) is 32.3 Å². The van der Waals surface area contributed by atoms with Gasteiger partial charge in [-0.3, -0.25) is 9.59 Å². The third kappa shape index (κ3) is 4.25. The normalized spacial score (nSPS) is 22.5. The first-order valence-corrected chi connectivity index (χ1v) is 8.96. The average Bonchev–Trinajstić information content (AvgIpc) is 2.58. The van der Waals surface area contributed by atoms with Gasteiger partial charge >= 0.3 is 6.18 Å². The molecule has 5 nitrogen and oxygen atoms in total. The molecule has 1 N–H and O–H groups in total. The molecule has 1 saturated heterocycles. The maximum absolute atomic E-state index is 13.2. The maximum atomic E-state index is 13.2. The van der Waals surface area contributed by atoms with Gasteiger partial charge in [0.05, 0.1) is 10.6 Å². The van der Waals surface area contributed by atoms with E-state index in [2.05, 4.69) is 0 Å². The lowest BCUT2D eigenvalue weighted by Crippen LogP contribution is -2.60. The lowest BCUT2D eigenvalue weighted by Gasteiger charge is -2.43. The Labute approximate surface area is 164 Å². The van der Waals surface area contributed by atoms with Gasteiger partial charge in [-0.25, -0.2) is 4.39 Å². The van der Waals surface area contributed by atoms with E-state index in [1.807, 2.05) is 0 Å². The van der Waals surface area contributed by atoms with Crippen molar-refractivity contribution in [3.63, 3.8) is 0 Å². The zero-order chi connectivity index (χ0) is 21.4. The van der Waals surface area contributed by atoms with Gasteiger partial charge < -0.3 is 14.9 Å². The third-order valence-electron chi connectivity index (χ3n) is 5.09. The number of nitrogens with zero attached hydrogens (tertiary/aromatic N) is 2. The highest BCUT2D eigenvalue weighted by atomic mass is 35.5. The highest BCUT2D eigenvalue weighted by molar-refractivity contribution is 6.33. The Hall–Kier alpha value is -1.87. The van der Waals surface area contributed by atoms with Crippen LogP contribution in [-0.2, 0) is 4.79 Å².